The van der Waals surface area contributed by atoms with Gasteiger partial charge in [-0.3, -0.25) is 20.8 Å². The van der Waals surface area contributed by atoms with Crippen molar-refractivity contribution in [2.75, 3.05) is 7.05 Å². The number of pyridine rings is 1. The lowest BCUT2D eigenvalue weighted by molar-refractivity contribution is 0.723. The van der Waals surface area contributed by atoms with Crippen LogP contribution < -0.4 is 5.49 Å². The quantitative estimate of drug-likeness (QED) is 0.255. The van der Waals surface area contributed by atoms with Crippen LogP contribution in [0.3, 0.4) is 0 Å². The van der Waals surface area contributed by atoms with Crippen molar-refractivity contribution in [3.8, 4) is 0 Å². The number of fused-ring (bicyclic) bond motifs is 1. The second kappa shape index (κ2) is 8.94. The lowest BCUT2D eigenvalue weighted by Crippen LogP contribution is -2.30. The molecule has 7 nitrogen and oxygen atoms in total. The van der Waals surface area contributed by atoms with Crippen LogP contribution in [-0.2, 0) is 6.42 Å². The van der Waals surface area contributed by atoms with Gasteiger partial charge in [0.15, 0.2) is 0 Å². The topological polar surface area (TPSA) is 94.0 Å². The second-order valence-corrected chi connectivity index (χ2v) is 7.86. The van der Waals surface area contributed by atoms with Gasteiger partial charge in [-0.05, 0) is 58.5 Å². The van der Waals surface area contributed by atoms with Crippen LogP contribution in [0.2, 0.25) is 0 Å². The number of halogens is 1. The molecule has 0 radical (unpaired) electrons. The van der Waals surface area contributed by atoms with Crippen molar-refractivity contribution in [1.29, 1.82) is 10.8 Å². The number of aliphatic imine (C=N–C) groups is 1. The third kappa shape index (κ3) is 4.93. The summed E-state index contributed by atoms with van der Waals surface area (Å²) in [6.07, 6.45) is 3.88. The van der Waals surface area contributed by atoms with Crippen LogP contribution >= 0.6 is 27.9 Å². The number of rotatable bonds is 6. The fraction of sp³-hybridized carbons (Fsp3) is 0.105. The van der Waals surface area contributed by atoms with Crippen LogP contribution in [0, 0.1) is 10.8 Å². The highest BCUT2D eigenvalue weighted by atomic mass is 79.9. The predicted molar refractivity (Wildman–Crippen MR) is 117 cm³/mol. The fourth-order valence-electron chi connectivity index (χ4n) is 2.53. The lowest BCUT2D eigenvalue weighted by atomic mass is 10.1. The number of benzene rings is 1. The van der Waals surface area contributed by atoms with Crippen LogP contribution in [0.15, 0.2) is 69.5 Å². The maximum absolute atomic E-state index is 8.44. The normalized spacial score (nSPS) is 11.4. The maximum Gasteiger partial charge on any atom is 0.148 e. The number of nitrogens with zero attached hydrogens (tertiary/aromatic N) is 5. The van der Waals surface area contributed by atoms with Crippen molar-refractivity contribution < 1.29 is 0 Å². The van der Waals surface area contributed by atoms with E-state index in [0.717, 1.165) is 16.5 Å². The van der Waals surface area contributed by atoms with Gasteiger partial charge in [-0.2, -0.15) is 5.10 Å². The standard InChI is InChI=1S/C19H18BrN7S/c1-23-16(20)12-26(2)28-19-8-7-17(21)27(25-19)18(22)11-13-5-6-15-14(10-13)4-3-9-24-15/h3-10,12,21-22H,1,11H2,2H3/b16-12-,21-17?,22-18?. The third-order valence-corrected chi connectivity index (χ3v) is 5.04. The van der Waals surface area contributed by atoms with Gasteiger partial charge in [0.25, 0.3) is 0 Å². The Morgan fingerprint density at radius 3 is 2.96 bits per heavy atom. The summed E-state index contributed by atoms with van der Waals surface area (Å²) in [5, 5.41) is 22.7. The van der Waals surface area contributed by atoms with Crippen molar-refractivity contribution >= 4 is 51.3 Å². The molecule has 2 aromatic heterocycles. The highest BCUT2D eigenvalue weighted by molar-refractivity contribution is 9.11. The molecule has 9 heteroatoms. The predicted octanol–water partition coefficient (Wildman–Crippen LogP) is 3.81. The van der Waals surface area contributed by atoms with Crippen LogP contribution in [0.25, 0.3) is 10.9 Å². The summed E-state index contributed by atoms with van der Waals surface area (Å²) in [5.74, 6) is 0.225. The summed E-state index contributed by atoms with van der Waals surface area (Å²) in [6.45, 7) is 3.45. The minimum atomic E-state index is 0.156. The molecular weight excluding hydrogens is 438 g/mol. The van der Waals surface area contributed by atoms with Crippen molar-refractivity contribution in [2.24, 2.45) is 4.99 Å². The van der Waals surface area contributed by atoms with Gasteiger partial charge < -0.3 is 4.31 Å². The average molecular weight is 456 g/mol. The number of hydrogen-bond acceptors (Lipinski definition) is 7. The monoisotopic (exact) mass is 455 g/mol. The molecule has 3 rings (SSSR count). The zero-order chi connectivity index (χ0) is 20.1. The van der Waals surface area contributed by atoms with Gasteiger partial charge in [0.2, 0.25) is 0 Å². The third-order valence-electron chi connectivity index (χ3n) is 3.78. The molecule has 0 bridgehead atoms. The summed E-state index contributed by atoms with van der Waals surface area (Å²) in [6, 6.07) is 13.2. The summed E-state index contributed by atoms with van der Waals surface area (Å²) < 4.78 is 3.76. The zero-order valence-electron chi connectivity index (χ0n) is 15.1. The fourth-order valence-corrected chi connectivity index (χ4v) is 3.67. The van der Waals surface area contributed by atoms with Crippen LogP contribution in [0.5, 0.6) is 0 Å². The van der Waals surface area contributed by atoms with Crippen molar-refractivity contribution in [2.45, 2.75) is 11.4 Å². The van der Waals surface area contributed by atoms with Gasteiger partial charge in [-0.15, -0.1) is 0 Å². The van der Waals surface area contributed by atoms with E-state index in [2.05, 4.69) is 37.7 Å². The first-order chi connectivity index (χ1) is 13.5. The molecule has 0 spiro atoms. The molecule has 28 heavy (non-hydrogen) atoms. The lowest BCUT2D eigenvalue weighted by Gasteiger charge is -2.14. The Balaban J connectivity index is 1.80. The van der Waals surface area contributed by atoms with Crippen molar-refractivity contribution in [3.05, 3.63) is 70.5 Å². The first kappa shape index (κ1) is 20.0. The van der Waals surface area contributed by atoms with E-state index in [4.69, 9.17) is 10.8 Å². The van der Waals surface area contributed by atoms with E-state index in [1.54, 1.807) is 24.5 Å². The molecule has 0 saturated carbocycles. The first-order valence-electron chi connectivity index (χ1n) is 8.27. The highest BCUT2D eigenvalue weighted by Gasteiger charge is 2.08. The molecule has 0 aliphatic carbocycles. The number of aromatic nitrogens is 3. The Labute approximate surface area is 175 Å². The van der Waals surface area contributed by atoms with E-state index in [9.17, 15) is 0 Å². The number of nitrogens with one attached hydrogen (secondary N) is 2. The van der Waals surface area contributed by atoms with Gasteiger partial charge in [0.05, 0.1) is 5.52 Å². The summed E-state index contributed by atoms with van der Waals surface area (Å²) in [4.78, 5) is 8.09. The molecule has 0 aliphatic rings. The van der Waals surface area contributed by atoms with Gasteiger partial charge in [0.1, 0.15) is 21.0 Å². The van der Waals surface area contributed by atoms with Crippen molar-refractivity contribution in [1.82, 2.24) is 19.1 Å². The molecule has 0 aliphatic heterocycles. The molecule has 2 N–H and O–H groups in total. The maximum atomic E-state index is 8.44. The first-order valence-corrected chi connectivity index (χ1v) is 9.84. The molecule has 3 aromatic rings. The minimum Gasteiger partial charge on any atom is -0.318 e. The van der Waals surface area contributed by atoms with Crippen LogP contribution in [0.1, 0.15) is 5.56 Å². The molecule has 0 unspecified atom stereocenters. The van der Waals surface area contributed by atoms with Crippen LogP contribution in [-0.4, -0.2) is 38.7 Å². The Morgan fingerprint density at radius 1 is 1.36 bits per heavy atom. The van der Waals surface area contributed by atoms with E-state index < -0.39 is 0 Å². The number of hydrogen-bond donors (Lipinski definition) is 2. The van der Waals surface area contributed by atoms with E-state index in [1.807, 2.05) is 41.7 Å². The highest BCUT2D eigenvalue weighted by Crippen LogP contribution is 2.20. The molecular formula is C19H18BrN7S. The van der Waals surface area contributed by atoms with E-state index >= 15 is 0 Å². The van der Waals surface area contributed by atoms with Gasteiger partial charge in [0, 0.05) is 43.2 Å². The summed E-state index contributed by atoms with van der Waals surface area (Å²) >= 11 is 4.63. The summed E-state index contributed by atoms with van der Waals surface area (Å²) in [7, 11) is 1.85. The van der Waals surface area contributed by atoms with E-state index in [-0.39, 0.29) is 11.3 Å². The van der Waals surface area contributed by atoms with Crippen molar-refractivity contribution in [3.63, 3.8) is 0 Å². The smallest absolute Gasteiger partial charge is 0.148 e. The molecule has 142 valence electrons. The zero-order valence-corrected chi connectivity index (χ0v) is 17.5. The molecule has 0 fully saturated rings. The molecule has 0 atom stereocenters. The van der Waals surface area contributed by atoms with E-state index in [0.29, 0.717) is 16.1 Å². The Hall–Kier alpha value is -2.78. The minimum absolute atomic E-state index is 0.156. The SMILES string of the molecule is C=N/C(Br)=C\N(C)Sc1ccc(=N)n(C(=N)Cc2ccc3ncccc3c2)n1. The summed E-state index contributed by atoms with van der Waals surface area (Å²) in [5.41, 5.74) is 2.04. The Morgan fingerprint density at radius 2 is 2.18 bits per heavy atom. The molecule has 1 aromatic carbocycles. The van der Waals surface area contributed by atoms with E-state index in [1.165, 1.54) is 16.6 Å². The van der Waals surface area contributed by atoms with Gasteiger partial charge >= 0.3 is 0 Å². The molecule has 0 saturated heterocycles. The van der Waals surface area contributed by atoms with Gasteiger partial charge in [-0.25, -0.2) is 4.68 Å². The Bertz CT molecular complexity index is 1120. The molecule has 2 heterocycles. The van der Waals surface area contributed by atoms with Gasteiger partial charge in [-0.1, -0.05) is 12.1 Å². The van der Waals surface area contributed by atoms with Crippen LogP contribution in [0.4, 0.5) is 0 Å². The second-order valence-electron chi connectivity index (χ2n) is 5.87. The average Bonchev–Trinajstić information content (AvgIpc) is 2.69. The Kier molecular flexibility index (Phi) is 6.37. The molecule has 0 amide bonds. The largest absolute Gasteiger partial charge is 0.318 e.